The van der Waals surface area contributed by atoms with Crippen LogP contribution in [0.1, 0.15) is 66.5 Å². The van der Waals surface area contributed by atoms with Crippen LogP contribution in [-0.4, -0.2) is 11.8 Å². The highest BCUT2D eigenvalue weighted by atomic mass is 79.9. The van der Waals surface area contributed by atoms with E-state index in [9.17, 15) is 9.59 Å². The highest BCUT2D eigenvalue weighted by Gasteiger charge is 2.17. The maximum absolute atomic E-state index is 12.0. The van der Waals surface area contributed by atoms with Crippen LogP contribution in [0.2, 0.25) is 0 Å². The quantitative estimate of drug-likeness (QED) is 0.249. The molecule has 4 aromatic rings. The number of hydrogen-bond acceptors (Lipinski definition) is 2. The number of halogens is 1. The van der Waals surface area contributed by atoms with Crippen LogP contribution in [0.3, 0.4) is 0 Å². The number of carbonyl (C=O) groups is 2. The molecule has 2 amide bonds. The topological polar surface area (TPSA) is 49.4 Å². The molecule has 4 aromatic carbocycles. The predicted molar refractivity (Wildman–Crippen MR) is 178 cm³/mol. The Hall–Kier alpha value is -3.70. The van der Waals surface area contributed by atoms with Gasteiger partial charge < -0.3 is 5.32 Å². The van der Waals surface area contributed by atoms with Gasteiger partial charge in [0.2, 0.25) is 11.8 Å². The zero-order valence-electron chi connectivity index (χ0n) is 25.5. The van der Waals surface area contributed by atoms with E-state index in [2.05, 4.69) is 99.2 Å². The molecule has 0 aliphatic rings. The lowest BCUT2D eigenvalue weighted by molar-refractivity contribution is -0.116. The second kappa shape index (κ2) is 15.3. The molecule has 0 spiro atoms. The molecule has 5 heteroatoms. The fourth-order valence-corrected chi connectivity index (χ4v) is 4.14. The van der Waals surface area contributed by atoms with Gasteiger partial charge in [0.25, 0.3) is 0 Å². The fourth-order valence-electron chi connectivity index (χ4n) is 3.87. The van der Waals surface area contributed by atoms with Crippen molar-refractivity contribution in [1.29, 1.82) is 0 Å². The number of amides is 2. The molecule has 0 aliphatic heterocycles. The molecule has 0 saturated carbocycles. The molecule has 0 radical (unpaired) electrons. The molecular formula is C36H43BrN2O2. The second-order valence-corrected chi connectivity index (χ2v) is 12.7. The Labute approximate surface area is 254 Å². The van der Waals surface area contributed by atoms with Gasteiger partial charge in [-0.25, -0.2) is 0 Å². The van der Waals surface area contributed by atoms with Gasteiger partial charge in [0.05, 0.1) is 0 Å². The van der Waals surface area contributed by atoms with Gasteiger partial charge in [-0.2, -0.15) is 0 Å². The number of nitrogens with one attached hydrogen (secondary N) is 1. The van der Waals surface area contributed by atoms with E-state index in [-0.39, 0.29) is 22.6 Å². The van der Waals surface area contributed by atoms with E-state index in [0.717, 1.165) is 21.5 Å². The molecule has 0 fully saturated rings. The number of carbonyl (C=O) groups excluding carboxylic acids is 2. The Morgan fingerprint density at radius 2 is 0.976 bits per heavy atom. The van der Waals surface area contributed by atoms with Crippen molar-refractivity contribution in [2.24, 2.45) is 0 Å². The summed E-state index contributed by atoms with van der Waals surface area (Å²) >= 11 is 3.41. The van der Waals surface area contributed by atoms with E-state index >= 15 is 0 Å². The van der Waals surface area contributed by atoms with Crippen LogP contribution in [-0.2, 0) is 20.4 Å². The van der Waals surface area contributed by atoms with E-state index in [1.165, 1.54) is 18.1 Å². The number of para-hydroxylation sites is 2. The number of anilines is 3. The highest BCUT2D eigenvalue weighted by molar-refractivity contribution is 9.10. The maximum Gasteiger partial charge on any atom is 0.228 e. The smallest absolute Gasteiger partial charge is 0.228 e. The molecule has 0 unspecified atom stereocenters. The van der Waals surface area contributed by atoms with Gasteiger partial charge >= 0.3 is 0 Å². The molecule has 216 valence electrons. The summed E-state index contributed by atoms with van der Waals surface area (Å²) in [4.78, 5) is 24.2. The van der Waals surface area contributed by atoms with Crippen molar-refractivity contribution in [3.63, 3.8) is 0 Å². The SMILES string of the molecule is CC(=O)N(c1ccccc1)c1ccc(C(C)(C)C)cc1.CC(=O)Nc1ccccc1.CC(C)(C)c1ccc(Br)cc1. The Morgan fingerprint density at radius 3 is 1.37 bits per heavy atom. The molecule has 0 atom stereocenters. The summed E-state index contributed by atoms with van der Waals surface area (Å²) in [6.07, 6.45) is 0. The Balaban J connectivity index is 0.000000236. The van der Waals surface area contributed by atoms with Crippen LogP contribution in [0.4, 0.5) is 17.1 Å². The molecule has 4 nitrogen and oxygen atoms in total. The van der Waals surface area contributed by atoms with Crippen LogP contribution in [0, 0.1) is 0 Å². The highest BCUT2D eigenvalue weighted by Crippen LogP contribution is 2.29. The van der Waals surface area contributed by atoms with Gasteiger partial charge in [-0.1, -0.05) is 118 Å². The first kappa shape index (κ1) is 33.5. The summed E-state index contributed by atoms with van der Waals surface area (Å²) in [6.45, 7) is 16.3. The summed E-state index contributed by atoms with van der Waals surface area (Å²) in [5.74, 6) is -0.0223. The number of rotatable bonds is 3. The Morgan fingerprint density at radius 1 is 0.585 bits per heavy atom. The van der Waals surface area contributed by atoms with E-state index in [4.69, 9.17) is 0 Å². The van der Waals surface area contributed by atoms with Crippen molar-refractivity contribution in [1.82, 2.24) is 0 Å². The summed E-state index contributed by atoms with van der Waals surface area (Å²) < 4.78 is 1.14. The van der Waals surface area contributed by atoms with Crippen LogP contribution >= 0.6 is 15.9 Å². The van der Waals surface area contributed by atoms with Gasteiger partial charge in [0.15, 0.2) is 0 Å². The van der Waals surface area contributed by atoms with Crippen molar-refractivity contribution in [3.8, 4) is 0 Å². The lowest BCUT2D eigenvalue weighted by atomic mass is 9.87. The Bertz CT molecular complexity index is 1350. The number of benzene rings is 4. The molecule has 0 saturated heterocycles. The third-order valence-corrected chi connectivity index (χ3v) is 6.65. The van der Waals surface area contributed by atoms with Crippen LogP contribution < -0.4 is 10.2 Å². The minimum atomic E-state index is -0.0359. The summed E-state index contributed by atoms with van der Waals surface area (Å²) in [6, 6.07) is 35.8. The van der Waals surface area contributed by atoms with Gasteiger partial charge in [0, 0.05) is 35.4 Å². The van der Waals surface area contributed by atoms with E-state index in [0.29, 0.717) is 0 Å². The average Bonchev–Trinajstić information content (AvgIpc) is 2.90. The molecule has 4 rings (SSSR count). The van der Waals surface area contributed by atoms with Crippen LogP contribution in [0.15, 0.2) is 114 Å². The molecule has 0 bridgehead atoms. The monoisotopic (exact) mass is 614 g/mol. The summed E-state index contributed by atoms with van der Waals surface area (Å²) in [5, 5.41) is 2.67. The fraction of sp³-hybridized carbons (Fsp3) is 0.278. The molecular weight excluding hydrogens is 572 g/mol. The summed E-state index contributed by atoms with van der Waals surface area (Å²) in [5.41, 5.74) is 5.65. The third kappa shape index (κ3) is 11.7. The van der Waals surface area contributed by atoms with E-state index in [1.54, 1.807) is 11.8 Å². The molecule has 0 heterocycles. The number of hydrogen-bond donors (Lipinski definition) is 1. The van der Waals surface area contributed by atoms with Crippen molar-refractivity contribution in [2.75, 3.05) is 10.2 Å². The molecule has 41 heavy (non-hydrogen) atoms. The second-order valence-electron chi connectivity index (χ2n) is 11.8. The molecule has 0 aromatic heterocycles. The molecule has 0 aliphatic carbocycles. The van der Waals surface area contributed by atoms with Gasteiger partial charge in [-0.15, -0.1) is 0 Å². The first-order chi connectivity index (χ1) is 19.2. The first-order valence-electron chi connectivity index (χ1n) is 13.7. The number of nitrogens with zero attached hydrogens (tertiary/aromatic N) is 1. The minimum absolute atomic E-state index is 0.0136. The van der Waals surface area contributed by atoms with Crippen molar-refractivity contribution < 1.29 is 9.59 Å². The standard InChI is InChI=1S/C18H21NO.C10H13Br.C8H9NO/c1-14(20)19(16-8-6-5-7-9-16)17-12-10-15(11-13-17)18(2,3)4;1-10(2,3)8-4-6-9(11)7-5-8;1-7(10)9-8-5-3-2-4-6-8/h5-13H,1-4H3;4-7H,1-3H3;2-6H,1H3,(H,9,10). The van der Waals surface area contributed by atoms with E-state index < -0.39 is 0 Å². The lowest BCUT2D eigenvalue weighted by Gasteiger charge is -2.24. The van der Waals surface area contributed by atoms with Crippen LogP contribution in [0.25, 0.3) is 0 Å². The Kier molecular flexibility index (Phi) is 12.5. The molecule has 1 N–H and O–H groups in total. The summed E-state index contributed by atoms with van der Waals surface area (Å²) in [7, 11) is 0. The lowest BCUT2D eigenvalue weighted by Crippen LogP contribution is -2.22. The zero-order valence-corrected chi connectivity index (χ0v) is 27.1. The minimum Gasteiger partial charge on any atom is -0.326 e. The average molecular weight is 616 g/mol. The van der Waals surface area contributed by atoms with Crippen molar-refractivity contribution in [2.45, 2.75) is 66.2 Å². The van der Waals surface area contributed by atoms with Gasteiger partial charge in [-0.05, 0) is 70.5 Å². The zero-order chi connectivity index (χ0) is 30.6. The first-order valence-corrected chi connectivity index (χ1v) is 14.5. The predicted octanol–water partition coefficient (Wildman–Crippen LogP) is 10.1. The van der Waals surface area contributed by atoms with Gasteiger partial charge in [0.1, 0.15) is 0 Å². The normalized spacial score (nSPS) is 10.8. The largest absolute Gasteiger partial charge is 0.326 e. The maximum atomic E-state index is 12.0. The van der Waals surface area contributed by atoms with Crippen LogP contribution in [0.5, 0.6) is 0 Å². The van der Waals surface area contributed by atoms with E-state index in [1.807, 2.05) is 72.8 Å². The third-order valence-electron chi connectivity index (χ3n) is 6.13. The van der Waals surface area contributed by atoms with Crippen molar-refractivity contribution >= 4 is 44.8 Å². The van der Waals surface area contributed by atoms with Crippen molar-refractivity contribution in [3.05, 3.63) is 125 Å². The van der Waals surface area contributed by atoms with Gasteiger partial charge in [-0.3, -0.25) is 14.5 Å².